The predicted octanol–water partition coefficient (Wildman–Crippen LogP) is 1.99. The van der Waals surface area contributed by atoms with E-state index < -0.39 is 0 Å². The van der Waals surface area contributed by atoms with E-state index in [0.29, 0.717) is 30.6 Å². The van der Waals surface area contributed by atoms with Crippen LogP contribution in [0.5, 0.6) is 0 Å². The molecule has 0 radical (unpaired) electrons. The largest absolute Gasteiger partial charge is 0.368 e. The van der Waals surface area contributed by atoms with Crippen LogP contribution in [0.15, 0.2) is 24.3 Å². The van der Waals surface area contributed by atoms with Crippen LogP contribution < -0.4 is 16.0 Å². The van der Waals surface area contributed by atoms with Crippen LogP contribution >= 0.6 is 0 Å². The molecule has 1 fully saturated rings. The molecule has 21 heavy (non-hydrogen) atoms. The lowest BCUT2D eigenvalue weighted by Crippen LogP contribution is -2.51. The maximum Gasteiger partial charge on any atom is 0.121 e. The molecule has 1 aliphatic heterocycles. The summed E-state index contributed by atoms with van der Waals surface area (Å²) in [5.41, 5.74) is 8.53. The Bertz CT molecular complexity index is 499. The first kappa shape index (κ1) is 14.5. The summed E-state index contributed by atoms with van der Waals surface area (Å²) in [4.78, 5) is 13.1. The van der Waals surface area contributed by atoms with Gasteiger partial charge in [0.2, 0.25) is 0 Å². The highest BCUT2D eigenvalue weighted by molar-refractivity contribution is 5.59. The lowest BCUT2D eigenvalue weighted by Gasteiger charge is -2.44. The quantitative estimate of drug-likeness (QED) is 0.813. The number of hydrogen-bond donors (Lipinski definition) is 2. The number of nitrogens with two attached hydrogens (primary N) is 1. The maximum atomic E-state index is 10.7. The summed E-state index contributed by atoms with van der Waals surface area (Å²) in [5, 5.41) is 3.77. The topological polar surface area (TPSA) is 58.4 Å². The second kappa shape index (κ2) is 6.16. The van der Waals surface area contributed by atoms with Crippen molar-refractivity contribution in [1.82, 2.24) is 5.32 Å². The zero-order valence-electron chi connectivity index (χ0n) is 12.7. The Balaban J connectivity index is 1.78. The van der Waals surface area contributed by atoms with Crippen molar-refractivity contribution < 1.29 is 4.79 Å². The Kier molecular flexibility index (Phi) is 4.27. The number of para-hydroxylation sites is 1. The van der Waals surface area contributed by atoms with Crippen molar-refractivity contribution in [3.63, 3.8) is 0 Å². The van der Waals surface area contributed by atoms with E-state index in [0.717, 1.165) is 32.1 Å². The minimum absolute atomic E-state index is 0.378. The molecule has 0 saturated heterocycles. The fraction of sp³-hybridized carbons (Fsp3) is 0.588. The van der Waals surface area contributed by atoms with E-state index in [1.165, 1.54) is 11.3 Å². The monoisotopic (exact) mass is 287 g/mol. The Hall–Kier alpha value is -1.39. The fourth-order valence-electron chi connectivity index (χ4n) is 3.65. The third-order valence-electron chi connectivity index (χ3n) is 4.83. The summed E-state index contributed by atoms with van der Waals surface area (Å²) >= 11 is 0. The molecule has 2 aliphatic rings. The summed E-state index contributed by atoms with van der Waals surface area (Å²) in [6, 6.07) is 10.4. The van der Waals surface area contributed by atoms with Crippen molar-refractivity contribution in [2.24, 2.45) is 5.73 Å². The van der Waals surface area contributed by atoms with E-state index in [1.807, 2.05) is 0 Å². The second-order valence-corrected chi connectivity index (χ2v) is 6.44. The van der Waals surface area contributed by atoms with Gasteiger partial charge in [-0.2, -0.15) is 0 Å². The molecule has 3 N–H and O–H groups in total. The number of nitrogens with one attached hydrogen (secondary N) is 1. The molecule has 1 aliphatic carbocycles. The molecule has 1 aromatic rings. The molecule has 4 nitrogen and oxygen atoms in total. The Morgan fingerprint density at radius 2 is 2.10 bits per heavy atom. The molecule has 2 unspecified atom stereocenters. The lowest BCUT2D eigenvalue weighted by atomic mass is 9.84. The van der Waals surface area contributed by atoms with Crippen LogP contribution in [-0.2, 0) is 4.79 Å². The molecular weight excluding hydrogens is 262 g/mol. The molecule has 4 heteroatoms. The van der Waals surface area contributed by atoms with E-state index in [2.05, 4.69) is 41.4 Å². The molecule has 0 amide bonds. The van der Waals surface area contributed by atoms with Gasteiger partial charge in [-0.05, 0) is 37.8 Å². The third-order valence-corrected chi connectivity index (χ3v) is 4.83. The minimum atomic E-state index is 0.378. The van der Waals surface area contributed by atoms with E-state index in [-0.39, 0.29) is 0 Å². The van der Waals surface area contributed by atoms with E-state index in [9.17, 15) is 4.79 Å². The van der Waals surface area contributed by atoms with Crippen molar-refractivity contribution in [2.45, 2.75) is 56.8 Å². The number of carbonyl (C=O) groups is 1. The zero-order chi connectivity index (χ0) is 14.8. The highest BCUT2D eigenvalue weighted by Gasteiger charge is 2.33. The number of anilines is 1. The molecule has 2 atom stereocenters. The number of carbonyl (C=O) groups excluding carboxylic acids is 1. The van der Waals surface area contributed by atoms with Gasteiger partial charge in [0.25, 0.3) is 0 Å². The summed E-state index contributed by atoms with van der Waals surface area (Å²) in [7, 11) is 0. The summed E-state index contributed by atoms with van der Waals surface area (Å²) in [5.74, 6) is 0. The van der Waals surface area contributed by atoms with Crippen LogP contribution in [0.25, 0.3) is 0 Å². The average molecular weight is 287 g/mol. The Morgan fingerprint density at radius 1 is 1.33 bits per heavy atom. The SMILES string of the molecule is CC1CC(NC2CC(N)C2)c2ccccc2N1CCC=O. The maximum absolute atomic E-state index is 10.7. The third kappa shape index (κ3) is 2.97. The van der Waals surface area contributed by atoms with Crippen molar-refractivity contribution in [3.8, 4) is 0 Å². The Morgan fingerprint density at radius 3 is 2.81 bits per heavy atom. The van der Waals surface area contributed by atoms with E-state index in [1.54, 1.807) is 0 Å². The molecule has 1 aromatic carbocycles. The van der Waals surface area contributed by atoms with Crippen LogP contribution in [0, 0.1) is 0 Å². The molecule has 0 spiro atoms. The number of rotatable bonds is 5. The van der Waals surface area contributed by atoms with Gasteiger partial charge in [0.15, 0.2) is 0 Å². The zero-order valence-corrected chi connectivity index (χ0v) is 12.7. The van der Waals surface area contributed by atoms with Crippen LogP contribution in [-0.4, -0.2) is 31.0 Å². The van der Waals surface area contributed by atoms with E-state index >= 15 is 0 Å². The van der Waals surface area contributed by atoms with Gasteiger partial charge >= 0.3 is 0 Å². The standard InChI is InChI=1S/C17H25N3O/c1-12-9-16(19-14-10-13(18)11-14)15-5-2-3-6-17(15)20(12)7-4-8-21/h2-3,5-6,8,12-14,16,19H,4,7,9-11,18H2,1H3. The van der Waals surface area contributed by atoms with Gasteiger partial charge in [-0.1, -0.05) is 18.2 Å². The van der Waals surface area contributed by atoms with Crippen molar-refractivity contribution >= 4 is 12.0 Å². The first-order valence-corrected chi connectivity index (χ1v) is 8.00. The number of fused-ring (bicyclic) bond motifs is 1. The van der Waals surface area contributed by atoms with Crippen LogP contribution in [0.3, 0.4) is 0 Å². The molecule has 0 bridgehead atoms. The first-order chi connectivity index (χ1) is 10.2. The molecule has 114 valence electrons. The minimum Gasteiger partial charge on any atom is -0.368 e. The van der Waals surface area contributed by atoms with Gasteiger partial charge in [0.05, 0.1) is 0 Å². The highest BCUT2D eigenvalue weighted by atomic mass is 16.1. The van der Waals surface area contributed by atoms with Crippen molar-refractivity contribution in [2.75, 3.05) is 11.4 Å². The normalized spacial score (nSPS) is 31.4. The average Bonchev–Trinajstić information content (AvgIpc) is 2.45. The number of aldehydes is 1. The van der Waals surface area contributed by atoms with Gasteiger partial charge in [0, 0.05) is 42.8 Å². The van der Waals surface area contributed by atoms with Crippen LogP contribution in [0.1, 0.15) is 44.2 Å². The van der Waals surface area contributed by atoms with Crippen LogP contribution in [0.2, 0.25) is 0 Å². The second-order valence-electron chi connectivity index (χ2n) is 6.44. The van der Waals surface area contributed by atoms with Crippen LogP contribution in [0.4, 0.5) is 5.69 Å². The van der Waals surface area contributed by atoms with Gasteiger partial charge in [-0.15, -0.1) is 0 Å². The molecule has 0 aromatic heterocycles. The summed E-state index contributed by atoms with van der Waals surface area (Å²) in [6.07, 6.45) is 4.86. The molecule has 3 rings (SSSR count). The van der Waals surface area contributed by atoms with Crippen molar-refractivity contribution in [3.05, 3.63) is 29.8 Å². The van der Waals surface area contributed by atoms with E-state index in [4.69, 9.17) is 5.73 Å². The molecule has 1 saturated carbocycles. The van der Waals surface area contributed by atoms with Gasteiger partial charge in [-0.25, -0.2) is 0 Å². The molecular formula is C17H25N3O. The Labute approximate surface area is 126 Å². The van der Waals surface area contributed by atoms with Gasteiger partial charge < -0.3 is 20.7 Å². The van der Waals surface area contributed by atoms with Gasteiger partial charge in [-0.3, -0.25) is 0 Å². The summed E-state index contributed by atoms with van der Waals surface area (Å²) < 4.78 is 0. The lowest BCUT2D eigenvalue weighted by molar-refractivity contribution is -0.107. The molecule has 1 heterocycles. The highest BCUT2D eigenvalue weighted by Crippen LogP contribution is 2.38. The number of benzene rings is 1. The summed E-state index contributed by atoms with van der Waals surface area (Å²) in [6.45, 7) is 3.06. The smallest absolute Gasteiger partial charge is 0.121 e. The van der Waals surface area contributed by atoms with Gasteiger partial charge in [0.1, 0.15) is 6.29 Å². The van der Waals surface area contributed by atoms with Crippen molar-refractivity contribution in [1.29, 1.82) is 0 Å². The first-order valence-electron chi connectivity index (χ1n) is 8.00. The predicted molar refractivity (Wildman–Crippen MR) is 85.4 cm³/mol. The fourth-order valence-corrected chi connectivity index (χ4v) is 3.65. The number of nitrogens with zero attached hydrogens (tertiary/aromatic N) is 1. The number of hydrogen-bond acceptors (Lipinski definition) is 4.